The van der Waals surface area contributed by atoms with Crippen LogP contribution in [0.5, 0.6) is 5.75 Å². The molecule has 0 unspecified atom stereocenters. The fraction of sp³-hybridized carbons (Fsp3) is 0.333. The molecule has 0 bridgehead atoms. The predicted octanol–water partition coefficient (Wildman–Crippen LogP) is 3.07. The SMILES string of the molecule is CCNC(=NCc1ccc(OC)cc1)NCCC(=O)NCc1ccccc1.I. The second kappa shape index (κ2) is 13.8. The summed E-state index contributed by atoms with van der Waals surface area (Å²) in [4.78, 5) is 16.5. The highest BCUT2D eigenvalue weighted by Gasteiger charge is 2.03. The number of nitrogens with one attached hydrogen (secondary N) is 3. The van der Waals surface area contributed by atoms with Gasteiger partial charge < -0.3 is 20.7 Å². The number of amides is 1. The van der Waals surface area contributed by atoms with Crippen LogP contribution in [-0.2, 0) is 17.9 Å². The van der Waals surface area contributed by atoms with Crippen LogP contribution in [-0.4, -0.2) is 32.1 Å². The Kier molecular flexibility index (Phi) is 11.7. The highest BCUT2D eigenvalue weighted by atomic mass is 127. The first-order valence-electron chi connectivity index (χ1n) is 9.17. The zero-order valence-electron chi connectivity index (χ0n) is 16.4. The monoisotopic (exact) mass is 496 g/mol. The lowest BCUT2D eigenvalue weighted by atomic mass is 10.2. The molecule has 0 aromatic heterocycles. The molecule has 1 amide bonds. The maximum absolute atomic E-state index is 12.0. The molecule has 152 valence electrons. The van der Waals surface area contributed by atoms with Crippen LogP contribution < -0.4 is 20.7 Å². The average Bonchev–Trinajstić information content (AvgIpc) is 2.71. The van der Waals surface area contributed by atoms with Gasteiger partial charge in [0, 0.05) is 26.1 Å². The molecule has 7 heteroatoms. The number of hydrogen-bond acceptors (Lipinski definition) is 3. The number of halogens is 1. The molecular weight excluding hydrogens is 467 g/mol. The van der Waals surface area contributed by atoms with Crippen molar-refractivity contribution in [2.45, 2.75) is 26.4 Å². The number of ether oxygens (including phenoxy) is 1. The van der Waals surface area contributed by atoms with Gasteiger partial charge in [0.05, 0.1) is 13.7 Å². The van der Waals surface area contributed by atoms with Crippen LogP contribution in [0, 0.1) is 0 Å². The summed E-state index contributed by atoms with van der Waals surface area (Å²) in [5.74, 6) is 1.54. The molecule has 0 spiro atoms. The highest BCUT2D eigenvalue weighted by Crippen LogP contribution is 2.11. The molecule has 2 aromatic carbocycles. The van der Waals surface area contributed by atoms with Gasteiger partial charge in [0.1, 0.15) is 5.75 Å². The highest BCUT2D eigenvalue weighted by molar-refractivity contribution is 14.0. The summed E-state index contributed by atoms with van der Waals surface area (Å²) >= 11 is 0. The van der Waals surface area contributed by atoms with Crippen LogP contribution in [0.15, 0.2) is 59.6 Å². The Bertz CT molecular complexity index is 721. The number of aliphatic imine (C=N–C) groups is 1. The predicted molar refractivity (Wildman–Crippen MR) is 124 cm³/mol. The van der Waals surface area contributed by atoms with Crippen LogP contribution >= 0.6 is 24.0 Å². The molecule has 0 aliphatic rings. The Labute approximate surface area is 184 Å². The summed E-state index contributed by atoms with van der Waals surface area (Å²) < 4.78 is 5.16. The van der Waals surface area contributed by atoms with E-state index in [0.29, 0.717) is 32.0 Å². The number of hydrogen-bond donors (Lipinski definition) is 3. The van der Waals surface area contributed by atoms with Crippen molar-refractivity contribution in [1.82, 2.24) is 16.0 Å². The molecule has 0 aliphatic heterocycles. The van der Waals surface area contributed by atoms with Gasteiger partial charge in [-0.3, -0.25) is 4.79 Å². The minimum Gasteiger partial charge on any atom is -0.497 e. The van der Waals surface area contributed by atoms with E-state index in [0.717, 1.165) is 23.4 Å². The number of benzene rings is 2. The smallest absolute Gasteiger partial charge is 0.222 e. The first-order valence-corrected chi connectivity index (χ1v) is 9.17. The van der Waals surface area contributed by atoms with E-state index >= 15 is 0 Å². The first kappa shape index (κ1) is 23.7. The van der Waals surface area contributed by atoms with Gasteiger partial charge in [0.25, 0.3) is 0 Å². The van der Waals surface area contributed by atoms with Gasteiger partial charge in [-0.05, 0) is 30.2 Å². The lowest BCUT2D eigenvalue weighted by Gasteiger charge is -2.11. The Morgan fingerprint density at radius 2 is 1.68 bits per heavy atom. The van der Waals surface area contributed by atoms with Crippen LogP contribution in [0.1, 0.15) is 24.5 Å². The second-order valence-electron chi connectivity index (χ2n) is 5.98. The molecule has 0 atom stereocenters. The summed E-state index contributed by atoms with van der Waals surface area (Å²) in [6, 6.07) is 17.7. The Morgan fingerprint density at radius 1 is 0.964 bits per heavy atom. The minimum absolute atomic E-state index is 0. The number of nitrogens with zero attached hydrogens (tertiary/aromatic N) is 1. The van der Waals surface area contributed by atoms with Gasteiger partial charge in [-0.1, -0.05) is 42.5 Å². The standard InChI is InChI=1S/C21H28N4O2.HI/c1-3-22-21(25-16-18-9-11-19(27-2)12-10-18)23-14-13-20(26)24-15-17-7-5-4-6-8-17;/h4-12H,3,13-16H2,1-2H3,(H,24,26)(H2,22,23,25);1H. The maximum atomic E-state index is 12.0. The number of rotatable bonds is 9. The van der Waals surface area contributed by atoms with Crippen molar-refractivity contribution in [2.75, 3.05) is 20.2 Å². The zero-order chi connectivity index (χ0) is 19.3. The first-order chi connectivity index (χ1) is 13.2. The average molecular weight is 496 g/mol. The van der Waals surface area contributed by atoms with Gasteiger partial charge >= 0.3 is 0 Å². The third kappa shape index (κ3) is 9.07. The summed E-state index contributed by atoms with van der Waals surface area (Å²) in [5.41, 5.74) is 2.18. The Hall–Kier alpha value is -2.29. The van der Waals surface area contributed by atoms with E-state index in [4.69, 9.17) is 4.74 Å². The molecule has 0 radical (unpaired) electrons. The van der Waals surface area contributed by atoms with Crippen molar-refractivity contribution >= 4 is 35.8 Å². The Balaban J connectivity index is 0.00000392. The minimum atomic E-state index is 0. The van der Waals surface area contributed by atoms with E-state index in [1.54, 1.807) is 7.11 Å². The number of methoxy groups -OCH3 is 1. The topological polar surface area (TPSA) is 74.8 Å². The summed E-state index contributed by atoms with van der Waals surface area (Å²) in [6.45, 7) is 4.39. The van der Waals surface area contributed by atoms with Gasteiger partial charge in [0.15, 0.2) is 5.96 Å². The van der Waals surface area contributed by atoms with E-state index < -0.39 is 0 Å². The largest absolute Gasteiger partial charge is 0.497 e. The lowest BCUT2D eigenvalue weighted by molar-refractivity contribution is -0.121. The maximum Gasteiger partial charge on any atom is 0.222 e. The molecule has 0 fully saturated rings. The summed E-state index contributed by atoms with van der Waals surface area (Å²) in [5, 5.41) is 9.31. The van der Waals surface area contributed by atoms with Gasteiger partial charge in [-0.15, -0.1) is 24.0 Å². The van der Waals surface area contributed by atoms with Crippen LogP contribution in [0.25, 0.3) is 0 Å². The van der Waals surface area contributed by atoms with Gasteiger partial charge in [-0.2, -0.15) is 0 Å². The third-order valence-corrected chi connectivity index (χ3v) is 3.90. The fourth-order valence-electron chi connectivity index (χ4n) is 2.42. The molecule has 2 rings (SSSR count). The number of carbonyl (C=O) groups is 1. The van der Waals surface area contributed by atoms with E-state index in [-0.39, 0.29) is 29.9 Å². The summed E-state index contributed by atoms with van der Waals surface area (Å²) in [7, 11) is 1.65. The normalized spacial score (nSPS) is 10.6. The van der Waals surface area contributed by atoms with Crippen molar-refractivity contribution in [3.8, 4) is 5.75 Å². The molecule has 3 N–H and O–H groups in total. The van der Waals surface area contributed by atoms with Crippen molar-refractivity contribution in [2.24, 2.45) is 4.99 Å². The van der Waals surface area contributed by atoms with E-state index in [2.05, 4.69) is 20.9 Å². The van der Waals surface area contributed by atoms with E-state index in [1.807, 2.05) is 61.5 Å². The molecule has 6 nitrogen and oxygen atoms in total. The quantitative estimate of drug-likeness (QED) is 0.284. The molecule has 28 heavy (non-hydrogen) atoms. The molecule has 0 heterocycles. The van der Waals surface area contributed by atoms with E-state index in [1.165, 1.54) is 0 Å². The molecule has 2 aromatic rings. The zero-order valence-corrected chi connectivity index (χ0v) is 18.7. The third-order valence-electron chi connectivity index (χ3n) is 3.90. The molecule has 0 saturated carbocycles. The molecular formula is C21H29IN4O2. The molecule has 0 saturated heterocycles. The Morgan fingerprint density at radius 3 is 2.32 bits per heavy atom. The van der Waals surface area contributed by atoms with Crippen molar-refractivity contribution < 1.29 is 9.53 Å². The summed E-state index contributed by atoms with van der Waals surface area (Å²) in [6.07, 6.45) is 0.389. The second-order valence-corrected chi connectivity index (χ2v) is 5.98. The lowest BCUT2D eigenvalue weighted by Crippen LogP contribution is -2.39. The van der Waals surface area contributed by atoms with Crippen LogP contribution in [0.4, 0.5) is 0 Å². The number of carbonyl (C=O) groups excluding carboxylic acids is 1. The van der Waals surface area contributed by atoms with Crippen LogP contribution in [0.2, 0.25) is 0 Å². The van der Waals surface area contributed by atoms with Crippen molar-refractivity contribution in [3.05, 3.63) is 65.7 Å². The van der Waals surface area contributed by atoms with Crippen LogP contribution in [0.3, 0.4) is 0 Å². The van der Waals surface area contributed by atoms with E-state index in [9.17, 15) is 4.79 Å². The van der Waals surface area contributed by atoms with Crippen molar-refractivity contribution in [3.63, 3.8) is 0 Å². The van der Waals surface area contributed by atoms with Gasteiger partial charge in [-0.25, -0.2) is 4.99 Å². The van der Waals surface area contributed by atoms with Crippen molar-refractivity contribution in [1.29, 1.82) is 0 Å². The van der Waals surface area contributed by atoms with Gasteiger partial charge in [0.2, 0.25) is 5.91 Å². The molecule has 0 aliphatic carbocycles. The fourth-order valence-corrected chi connectivity index (χ4v) is 2.42. The number of guanidine groups is 1.